The molecule has 0 spiro atoms. The van der Waals surface area contributed by atoms with Gasteiger partial charge in [-0.25, -0.2) is 14.1 Å². The van der Waals surface area contributed by atoms with Gasteiger partial charge in [0.05, 0.1) is 6.04 Å². The minimum atomic E-state index is -0.994. The summed E-state index contributed by atoms with van der Waals surface area (Å²) in [7, 11) is 0. The van der Waals surface area contributed by atoms with Crippen LogP contribution in [0.25, 0.3) is 0 Å². The number of alkyl halides is 1. The molecule has 4 heteroatoms. The van der Waals surface area contributed by atoms with Crippen LogP contribution in [0.4, 0.5) is 4.39 Å². The quantitative estimate of drug-likeness (QED) is 0.770. The fourth-order valence-electron chi connectivity index (χ4n) is 2.24. The van der Waals surface area contributed by atoms with Crippen LogP contribution >= 0.6 is 0 Å². The van der Waals surface area contributed by atoms with Crippen molar-refractivity contribution in [2.45, 2.75) is 39.4 Å². The van der Waals surface area contributed by atoms with Crippen molar-refractivity contribution >= 4 is 0 Å². The van der Waals surface area contributed by atoms with Gasteiger partial charge in [-0.2, -0.15) is 5.10 Å². The van der Waals surface area contributed by atoms with Gasteiger partial charge in [0.15, 0.2) is 12.0 Å². The first-order chi connectivity index (χ1) is 8.75. The number of nitrogens with zero attached hydrogens (tertiary/aromatic N) is 3. The molecule has 0 amide bonds. The van der Waals surface area contributed by atoms with Gasteiger partial charge < -0.3 is 0 Å². The van der Waals surface area contributed by atoms with E-state index in [0.717, 1.165) is 5.56 Å². The molecule has 1 aromatic heterocycles. The van der Waals surface area contributed by atoms with E-state index in [-0.39, 0.29) is 6.04 Å². The molecular weight excluding hydrogens is 229 g/mol. The molecule has 0 unspecified atom stereocenters. The van der Waals surface area contributed by atoms with Crippen molar-refractivity contribution in [3.63, 3.8) is 0 Å². The fraction of sp³-hybridized carbons (Fsp3) is 0.429. The maximum absolute atomic E-state index is 13.7. The van der Waals surface area contributed by atoms with Gasteiger partial charge in [-0.3, -0.25) is 0 Å². The summed E-state index contributed by atoms with van der Waals surface area (Å²) in [5, 5.41) is 4.26. The number of halogens is 1. The average molecular weight is 247 g/mol. The lowest BCUT2D eigenvalue weighted by atomic mass is 10.0. The molecule has 2 atom stereocenters. The van der Waals surface area contributed by atoms with E-state index >= 15 is 0 Å². The lowest BCUT2D eigenvalue weighted by Gasteiger charge is -2.10. The van der Waals surface area contributed by atoms with Crippen LogP contribution < -0.4 is 0 Å². The molecular formula is C14H18FN3. The monoisotopic (exact) mass is 247 g/mol. The van der Waals surface area contributed by atoms with Gasteiger partial charge in [0.25, 0.3) is 0 Å². The van der Waals surface area contributed by atoms with E-state index < -0.39 is 6.17 Å². The summed E-state index contributed by atoms with van der Waals surface area (Å²) in [4.78, 5) is 4.12. The highest BCUT2D eigenvalue weighted by atomic mass is 19.1. The van der Waals surface area contributed by atoms with E-state index in [2.05, 4.69) is 10.1 Å². The molecule has 0 aliphatic carbocycles. The summed E-state index contributed by atoms with van der Waals surface area (Å²) in [5.74, 6) is 1.10. The van der Waals surface area contributed by atoms with Crippen molar-refractivity contribution in [3.8, 4) is 0 Å². The maximum atomic E-state index is 13.7. The van der Waals surface area contributed by atoms with Crippen LogP contribution in [0, 0.1) is 6.92 Å². The van der Waals surface area contributed by atoms with Crippen LogP contribution in [0.2, 0.25) is 0 Å². The van der Waals surface area contributed by atoms with Crippen molar-refractivity contribution in [2.24, 2.45) is 0 Å². The second kappa shape index (κ2) is 5.29. The summed E-state index contributed by atoms with van der Waals surface area (Å²) in [6.45, 7) is 5.79. The van der Waals surface area contributed by atoms with Gasteiger partial charge in [0, 0.05) is 6.42 Å². The van der Waals surface area contributed by atoms with Crippen molar-refractivity contribution in [1.82, 2.24) is 14.8 Å². The van der Waals surface area contributed by atoms with Crippen molar-refractivity contribution in [3.05, 3.63) is 47.5 Å². The molecule has 0 radical (unpaired) electrons. The molecule has 96 valence electrons. The Labute approximate surface area is 107 Å². The van der Waals surface area contributed by atoms with Gasteiger partial charge in [-0.15, -0.1) is 0 Å². The first-order valence-corrected chi connectivity index (χ1v) is 6.38. The molecule has 0 saturated carbocycles. The SMILES string of the molecule is CC.Cc1nc2n(n1)[C@@H](c1ccccc1)C[C@H]2F. The van der Waals surface area contributed by atoms with Crippen molar-refractivity contribution < 1.29 is 4.39 Å². The fourth-order valence-corrected chi connectivity index (χ4v) is 2.24. The Morgan fingerprint density at radius 3 is 2.56 bits per heavy atom. The molecule has 1 aliphatic heterocycles. The summed E-state index contributed by atoms with van der Waals surface area (Å²) in [6.07, 6.45) is -0.550. The number of aromatic nitrogens is 3. The topological polar surface area (TPSA) is 30.7 Å². The van der Waals surface area contributed by atoms with Gasteiger partial charge in [-0.1, -0.05) is 44.2 Å². The third kappa shape index (κ3) is 2.15. The second-order valence-corrected chi connectivity index (χ2v) is 4.09. The molecule has 3 rings (SSSR count). The summed E-state index contributed by atoms with van der Waals surface area (Å²) in [6, 6.07) is 9.88. The van der Waals surface area contributed by atoms with Crippen LogP contribution in [0.5, 0.6) is 0 Å². The first-order valence-electron chi connectivity index (χ1n) is 6.38. The predicted octanol–water partition coefficient (Wildman–Crippen LogP) is 3.62. The Morgan fingerprint density at radius 2 is 1.89 bits per heavy atom. The molecule has 0 fully saturated rings. The number of rotatable bonds is 1. The Balaban J connectivity index is 0.000000574. The molecule has 0 saturated heterocycles. The Kier molecular flexibility index (Phi) is 3.75. The predicted molar refractivity (Wildman–Crippen MR) is 69.2 cm³/mol. The molecule has 1 aromatic carbocycles. The minimum Gasteiger partial charge on any atom is -0.239 e. The standard InChI is InChI=1S/C12H12FN3.C2H6/c1-8-14-12-10(13)7-11(16(12)15-8)9-5-3-2-4-6-9;1-2/h2-6,10-11H,7H2,1H3;1-2H3/t10-,11-;/m1./s1. The molecule has 2 heterocycles. The van der Waals surface area contributed by atoms with E-state index in [4.69, 9.17) is 0 Å². The van der Waals surface area contributed by atoms with Crippen LogP contribution in [-0.2, 0) is 0 Å². The largest absolute Gasteiger partial charge is 0.239 e. The number of fused-ring (bicyclic) bond motifs is 1. The van der Waals surface area contributed by atoms with Gasteiger partial charge in [0.1, 0.15) is 5.82 Å². The Morgan fingerprint density at radius 1 is 1.22 bits per heavy atom. The van der Waals surface area contributed by atoms with E-state index in [9.17, 15) is 4.39 Å². The van der Waals surface area contributed by atoms with E-state index in [0.29, 0.717) is 18.1 Å². The number of hydrogen-bond donors (Lipinski definition) is 0. The van der Waals surface area contributed by atoms with Crippen LogP contribution in [-0.4, -0.2) is 14.8 Å². The van der Waals surface area contributed by atoms with E-state index in [1.807, 2.05) is 44.2 Å². The van der Waals surface area contributed by atoms with Crippen LogP contribution in [0.3, 0.4) is 0 Å². The summed E-state index contributed by atoms with van der Waals surface area (Å²) < 4.78 is 15.5. The lowest BCUT2D eigenvalue weighted by molar-refractivity contribution is 0.328. The molecule has 2 aromatic rings. The second-order valence-electron chi connectivity index (χ2n) is 4.09. The average Bonchev–Trinajstić information content (AvgIpc) is 2.93. The summed E-state index contributed by atoms with van der Waals surface area (Å²) >= 11 is 0. The van der Waals surface area contributed by atoms with Gasteiger partial charge in [-0.05, 0) is 12.5 Å². The molecule has 0 bridgehead atoms. The molecule has 1 aliphatic rings. The number of hydrogen-bond acceptors (Lipinski definition) is 2. The normalized spacial score (nSPS) is 21.1. The molecule has 18 heavy (non-hydrogen) atoms. The zero-order valence-corrected chi connectivity index (χ0v) is 11.0. The third-order valence-corrected chi connectivity index (χ3v) is 2.95. The first kappa shape index (κ1) is 12.7. The van der Waals surface area contributed by atoms with Crippen molar-refractivity contribution in [1.29, 1.82) is 0 Å². The smallest absolute Gasteiger partial charge is 0.162 e. The highest BCUT2D eigenvalue weighted by Gasteiger charge is 2.34. The van der Waals surface area contributed by atoms with E-state index in [1.54, 1.807) is 11.6 Å². The minimum absolute atomic E-state index is 0.00704. The van der Waals surface area contributed by atoms with E-state index in [1.165, 1.54) is 0 Å². The highest BCUT2D eigenvalue weighted by Crippen LogP contribution is 2.38. The zero-order valence-electron chi connectivity index (χ0n) is 11.0. The maximum Gasteiger partial charge on any atom is 0.162 e. The van der Waals surface area contributed by atoms with Gasteiger partial charge >= 0.3 is 0 Å². The Hall–Kier alpha value is -1.71. The molecule has 0 N–H and O–H groups in total. The van der Waals surface area contributed by atoms with Gasteiger partial charge in [0.2, 0.25) is 0 Å². The Bertz CT molecular complexity index is 507. The van der Waals surface area contributed by atoms with Crippen molar-refractivity contribution in [2.75, 3.05) is 0 Å². The summed E-state index contributed by atoms with van der Waals surface area (Å²) in [5.41, 5.74) is 1.09. The third-order valence-electron chi connectivity index (χ3n) is 2.95. The highest BCUT2D eigenvalue weighted by molar-refractivity contribution is 5.23. The van der Waals surface area contributed by atoms with Crippen LogP contribution in [0.1, 0.15) is 49.7 Å². The molecule has 3 nitrogen and oxygen atoms in total. The number of benzene rings is 1. The van der Waals surface area contributed by atoms with Crippen LogP contribution in [0.15, 0.2) is 30.3 Å². The number of aryl methyl sites for hydroxylation is 1. The zero-order chi connectivity index (χ0) is 13.1. The lowest BCUT2D eigenvalue weighted by Crippen LogP contribution is -2.07.